The maximum absolute atomic E-state index is 12.9. The maximum Gasteiger partial charge on any atom is 0.251 e. The van der Waals surface area contributed by atoms with Gasteiger partial charge >= 0.3 is 0 Å². The number of halogens is 1. The Bertz CT molecular complexity index is 601. The molecule has 0 bridgehead atoms. The van der Waals surface area contributed by atoms with Crippen LogP contribution in [0.25, 0.3) is 0 Å². The van der Waals surface area contributed by atoms with Crippen molar-refractivity contribution in [2.75, 3.05) is 6.54 Å². The number of aromatic nitrogens is 1. The molecule has 7 heteroatoms. The van der Waals surface area contributed by atoms with Crippen LogP contribution in [0.1, 0.15) is 16.1 Å². The number of hydrogen-bond acceptors (Lipinski definition) is 4. The number of nitrogens with zero attached hydrogens (tertiary/aromatic N) is 1. The van der Waals surface area contributed by atoms with Crippen LogP contribution < -0.4 is 10.6 Å². The number of hydrogen-bond donors (Lipinski definition) is 2. The van der Waals surface area contributed by atoms with Crippen molar-refractivity contribution in [2.24, 2.45) is 0 Å². The summed E-state index contributed by atoms with van der Waals surface area (Å²) in [7, 11) is 0. The highest BCUT2D eigenvalue weighted by molar-refractivity contribution is 7.07. The van der Waals surface area contributed by atoms with Gasteiger partial charge in [-0.25, -0.2) is 9.37 Å². The molecule has 2 amide bonds. The Kier molecular flexibility index (Phi) is 4.78. The SMILES string of the molecule is O=C(CNC(=O)c1cccc(F)c1)NCc1cscn1. The minimum Gasteiger partial charge on any atom is -0.349 e. The lowest BCUT2D eigenvalue weighted by Crippen LogP contribution is -2.36. The summed E-state index contributed by atoms with van der Waals surface area (Å²) in [5.41, 5.74) is 2.62. The predicted octanol–water partition coefficient (Wildman–Crippen LogP) is 1.33. The highest BCUT2D eigenvalue weighted by Gasteiger charge is 2.08. The first-order valence-corrected chi connectivity index (χ1v) is 6.77. The largest absolute Gasteiger partial charge is 0.349 e. The number of thiazole rings is 1. The van der Waals surface area contributed by atoms with E-state index >= 15 is 0 Å². The van der Waals surface area contributed by atoms with E-state index in [1.807, 2.05) is 5.38 Å². The third kappa shape index (κ3) is 4.13. The molecule has 1 aromatic carbocycles. The van der Waals surface area contributed by atoms with Crippen molar-refractivity contribution in [1.82, 2.24) is 15.6 Å². The number of carbonyl (C=O) groups is 2. The molecule has 0 saturated heterocycles. The second kappa shape index (κ2) is 6.76. The zero-order valence-electron chi connectivity index (χ0n) is 10.4. The predicted molar refractivity (Wildman–Crippen MR) is 72.7 cm³/mol. The van der Waals surface area contributed by atoms with Gasteiger partial charge < -0.3 is 10.6 Å². The number of benzene rings is 1. The summed E-state index contributed by atoms with van der Waals surface area (Å²) in [4.78, 5) is 27.2. The minimum atomic E-state index is -0.495. The van der Waals surface area contributed by atoms with Gasteiger partial charge in [0.25, 0.3) is 5.91 Å². The van der Waals surface area contributed by atoms with E-state index in [-0.39, 0.29) is 18.0 Å². The van der Waals surface area contributed by atoms with Gasteiger partial charge in [-0.3, -0.25) is 9.59 Å². The maximum atomic E-state index is 12.9. The molecule has 2 N–H and O–H groups in total. The Labute approximate surface area is 118 Å². The molecule has 5 nitrogen and oxygen atoms in total. The Morgan fingerprint density at radius 3 is 2.85 bits per heavy atom. The van der Waals surface area contributed by atoms with Gasteiger partial charge in [0.1, 0.15) is 5.82 Å². The van der Waals surface area contributed by atoms with Crippen molar-refractivity contribution >= 4 is 23.2 Å². The van der Waals surface area contributed by atoms with Crippen molar-refractivity contribution in [3.8, 4) is 0 Å². The monoisotopic (exact) mass is 293 g/mol. The molecule has 0 fully saturated rings. The van der Waals surface area contributed by atoms with E-state index in [0.29, 0.717) is 6.54 Å². The second-order valence-corrected chi connectivity index (χ2v) is 4.67. The van der Waals surface area contributed by atoms with Gasteiger partial charge in [0, 0.05) is 10.9 Å². The van der Waals surface area contributed by atoms with E-state index < -0.39 is 11.7 Å². The molecular weight excluding hydrogens is 281 g/mol. The topological polar surface area (TPSA) is 71.1 Å². The van der Waals surface area contributed by atoms with E-state index in [1.54, 1.807) is 5.51 Å². The van der Waals surface area contributed by atoms with Gasteiger partial charge in [0.2, 0.25) is 5.91 Å². The molecule has 0 spiro atoms. The summed E-state index contributed by atoms with van der Waals surface area (Å²) in [6.07, 6.45) is 0. The summed E-state index contributed by atoms with van der Waals surface area (Å²) in [6, 6.07) is 5.28. The van der Waals surface area contributed by atoms with E-state index in [0.717, 1.165) is 11.8 Å². The number of amides is 2. The molecule has 0 unspecified atom stereocenters. The van der Waals surface area contributed by atoms with Crippen molar-refractivity contribution < 1.29 is 14.0 Å². The van der Waals surface area contributed by atoms with Crippen LogP contribution >= 0.6 is 11.3 Å². The molecule has 104 valence electrons. The molecule has 1 aromatic heterocycles. The Balaban J connectivity index is 1.77. The number of rotatable bonds is 5. The van der Waals surface area contributed by atoms with Crippen molar-refractivity contribution in [1.29, 1.82) is 0 Å². The first-order chi connectivity index (χ1) is 9.65. The van der Waals surface area contributed by atoms with Crippen molar-refractivity contribution in [2.45, 2.75) is 6.54 Å². The molecule has 2 rings (SSSR count). The molecule has 0 aliphatic carbocycles. The summed E-state index contributed by atoms with van der Waals surface area (Å²) in [6.45, 7) is 0.150. The molecule has 0 radical (unpaired) electrons. The summed E-state index contributed by atoms with van der Waals surface area (Å²) >= 11 is 1.44. The summed E-state index contributed by atoms with van der Waals surface area (Å²) in [5.74, 6) is -1.32. The fourth-order valence-corrected chi connectivity index (χ4v) is 2.03. The quantitative estimate of drug-likeness (QED) is 0.873. The molecule has 1 heterocycles. The molecule has 0 aliphatic heterocycles. The van der Waals surface area contributed by atoms with E-state index in [2.05, 4.69) is 15.6 Å². The first kappa shape index (κ1) is 14.1. The van der Waals surface area contributed by atoms with Crippen LogP contribution in [0, 0.1) is 5.82 Å². The van der Waals surface area contributed by atoms with Crippen LogP contribution in [0.3, 0.4) is 0 Å². The van der Waals surface area contributed by atoms with Crippen LogP contribution in [-0.2, 0) is 11.3 Å². The Hall–Kier alpha value is -2.28. The molecule has 20 heavy (non-hydrogen) atoms. The van der Waals surface area contributed by atoms with Crippen molar-refractivity contribution in [3.05, 3.63) is 52.2 Å². The first-order valence-electron chi connectivity index (χ1n) is 5.82. The van der Waals surface area contributed by atoms with E-state index in [9.17, 15) is 14.0 Å². The third-order valence-corrected chi connectivity index (χ3v) is 3.08. The third-order valence-electron chi connectivity index (χ3n) is 2.45. The highest BCUT2D eigenvalue weighted by Crippen LogP contribution is 2.03. The zero-order chi connectivity index (χ0) is 14.4. The van der Waals surface area contributed by atoms with Gasteiger partial charge in [-0.1, -0.05) is 6.07 Å². The van der Waals surface area contributed by atoms with E-state index in [1.165, 1.54) is 29.5 Å². The lowest BCUT2D eigenvalue weighted by Gasteiger charge is -2.06. The number of carbonyl (C=O) groups excluding carboxylic acids is 2. The Morgan fingerprint density at radius 2 is 2.15 bits per heavy atom. The van der Waals surface area contributed by atoms with Crippen LogP contribution in [0.5, 0.6) is 0 Å². The second-order valence-electron chi connectivity index (χ2n) is 3.95. The van der Waals surface area contributed by atoms with Crippen LogP contribution in [0.4, 0.5) is 4.39 Å². The van der Waals surface area contributed by atoms with Gasteiger partial charge in [0.15, 0.2) is 0 Å². The number of nitrogens with one attached hydrogen (secondary N) is 2. The lowest BCUT2D eigenvalue weighted by atomic mass is 10.2. The average Bonchev–Trinajstić information content (AvgIpc) is 2.95. The van der Waals surface area contributed by atoms with Crippen molar-refractivity contribution in [3.63, 3.8) is 0 Å². The molecule has 2 aromatic rings. The standard InChI is InChI=1S/C13H12FN3O2S/c14-10-3-1-2-9(4-10)13(19)16-6-12(18)15-5-11-7-20-8-17-11/h1-4,7-8H,5-6H2,(H,15,18)(H,16,19). The normalized spacial score (nSPS) is 10.1. The van der Waals surface area contributed by atoms with Gasteiger partial charge in [0.05, 0.1) is 24.3 Å². The van der Waals surface area contributed by atoms with Crippen LogP contribution in [0.2, 0.25) is 0 Å². The average molecular weight is 293 g/mol. The van der Waals surface area contributed by atoms with Gasteiger partial charge in [-0.05, 0) is 18.2 Å². The molecule has 0 atom stereocenters. The summed E-state index contributed by atoms with van der Waals surface area (Å²) in [5, 5.41) is 6.87. The summed E-state index contributed by atoms with van der Waals surface area (Å²) < 4.78 is 12.9. The smallest absolute Gasteiger partial charge is 0.251 e. The fourth-order valence-electron chi connectivity index (χ4n) is 1.47. The molecule has 0 aliphatic rings. The fraction of sp³-hybridized carbons (Fsp3) is 0.154. The lowest BCUT2D eigenvalue weighted by molar-refractivity contribution is -0.120. The van der Waals surface area contributed by atoms with Gasteiger partial charge in [-0.2, -0.15) is 0 Å². The highest BCUT2D eigenvalue weighted by atomic mass is 32.1. The minimum absolute atomic E-state index is 0.167. The van der Waals surface area contributed by atoms with Gasteiger partial charge in [-0.15, -0.1) is 11.3 Å². The van der Waals surface area contributed by atoms with Crippen LogP contribution in [0.15, 0.2) is 35.2 Å². The Morgan fingerprint density at radius 1 is 1.30 bits per heavy atom. The molecular formula is C13H12FN3O2S. The van der Waals surface area contributed by atoms with E-state index in [4.69, 9.17) is 0 Å². The molecule has 0 saturated carbocycles. The van der Waals surface area contributed by atoms with Crippen LogP contribution in [-0.4, -0.2) is 23.3 Å². The zero-order valence-corrected chi connectivity index (χ0v) is 11.2.